The van der Waals surface area contributed by atoms with Crippen molar-refractivity contribution in [3.05, 3.63) is 34.3 Å². The lowest BCUT2D eigenvalue weighted by atomic mass is 10.4. The Morgan fingerprint density at radius 1 is 1.59 bits per heavy atom. The number of thiophene rings is 1. The maximum atomic E-state index is 10.7. The summed E-state index contributed by atoms with van der Waals surface area (Å²) in [6.45, 7) is 2.96. The summed E-state index contributed by atoms with van der Waals surface area (Å²) in [5.41, 5.74) is 5.97. The van der Waals surface area contributed by atoms with Gasteiger partial charge >= 0.3 is 0 Å². The highest BCUT2D eigenvalue weighted by atomic mass is 32.1. The first kappa shape index (κ1) is 11.7. The van der Waals surface area contributed by atoms with Crippen molar-refractivity contribution in [2.75, 3.05) is 5.32 Å². The van der Waals surface area contributed by atoms with Gasteiger partial charge in [0.2, 0.25) is 5.91 Å². The number of amides is 1. The first-order chi connectivity index (χ1) is 8.13. The standard InChI is InChI=1S/C11H14N4OS/c1-8-2-3-10(17-8)5-13-9-4-14-15(6-9)7-11(12)16/h2-4,6,13H,5,7H2,1H3,(H2,12,16). The van der Waals surface area contributed by atoms with Gasteiger partial charge in [0.15, 0.2) is 0 Å². The topological polar surface area (TPSA) is 72.9 Å². The summed E-state index contributed by atoms with van der Waals surface area (Å²) in [6, 6.07) is 4.19. The predicted molar refractivity (Wildman–Crippen MR) is 67.8 cm³/mol. The number of hydrogen-bond acceptors (Lipinski definition) is 4. The molecule has 0 spiro atoms. The third kappa shape index (κ3) is 3.32. The van der Waals surface area contributed by atoms with E-state index in [9.17, 15) is 4.79 Å². The van der Waals surface area contributed by atoms with Gasteiger partial charge in [0, 0.05) is 22.5 Å². The number of aryl methyl sites for hydroxylation is 1. The van der Waals surface area contributed by atoms with E-state index in [1.807, 2.05) is 0 Å². The van der Waals surface area contributed by atoms with E-state index in [0.29, 0.717) is 0 Å². The molecule has 0 aliphatic heterocycles. The van der Waals surface area contributed by atoms with E-state index in [1.54, 1.807) is 23.7 Å². The lowest BCUT2D eigenvalue weighted by Crippen LogP contribution is -2.18. The molecule has 90 valence electrons. The van der Waals surface area contributed by atoms with Crippen LogP contribution in [-0.2, 0) is 17.9 Å². The summed E-state index contributed by atoms with van der Waals surface area (Å²) in [7, 11) is 0. The number of carbonyl (C=O) groups is 1. The van der Waals surface area contributed by atoms with Gasteiger partial charge in [-0.2, -0.15) is 5.10 Å². The van der Waals surface area contributed by atoms with Gasteiger partial charge in [0.1, 0.15) is 6.54 Å². The zero-order chi connectivity index (χ0) is 12.3. The van der Waals surface area contributed by atoms with Crippen molar-refractivity contribution >= 4 is 22.9 Å². The number of carbonyl (C=O) groups excluding carboxylic acids is 1. The van der Waals surface area contributed by atoms with Gasteiger partial charge in [-0.3, -0.25) is 9.48 Å². The molecule has 0 saturated heterocycles. The number of primary amides is 1. The first-order valence-corrected chi connectivity index (χ1v) is 6.05. The fraction of sp³-hybridized carbons (Fsp3) is 0.273. The molecule has 0 radical (unpaired) electrons. The maximum Gasteiger partial charge on any atom is 0.239 e. The average molecular weight is 250 g/mol. The normalized spacial score (nSPS) is 10.4. The first-order valence-electron chi connectivity index (χ1n) is 5.23. The van der Waals surface area contributed by atoms with Crippen molar-refractivity contribution < 1.29 is 4.79 Å². The van der Waals surface area contributed by atoms with Crippen molar-refractivity contribution in [1.29, 1.82) is 0 Å². The van der Waals surface area contributed by atoms with Crippen molar-refractivity contribution in [2.24, 2.45) is 5.73 Å². The molecule has 0 aliphatic carbocycles. The van der Waals surface area contributed by atoms with E-state index in [1.165, 1.54) is 14.4 Å². The molecule has 0 unspecified atom stereocenters. The van der Waals surface area contributed by atoms with Gasteiger partial charge < -0.3 is 11.1 Å². The molecule has 2 aromatic rings. The zero-order valence-corrected chi connectivity index (χ0v) is 10.3. The van der Waals surface area contributed by atoms with Gasteiger partial charge in [0.25, 0.3) is 0 Å². The van der Waals surface area contributed by atoms with Gasteiger partial charge in [-0.1, -0.05) is 0 Å². The summed E-state index contributed by atoms with van der Waals surface area (Å²) < 4.78 is 1.52. The van der Waals surface area contributed by atoms with E-state index < -0.39 is 5.91 Å². The van der Waals surface area contributed by atoms with E-state index in [2.05, 4.69) is 29.5 Å². The van der Waals surface area contributed by atoms with E-state index in [4.69, 9.17) is 5.73 Å². The second kappa shape index (κ2) is 5.01. The molecule has 0 aliphatic rings. The van der Waals surface area contributed by atoms with Gasteiger partial charge in [0.05, 0.1) is 11.9 Å². The number of anilines is 1. The Hall–Kier alpha value is -1.82. The highest BCUT2D eigenvalue weighted by molar-refractivity contribution is 7.11. The van der Waals surface area contributed by atoms with Crippen LogP contribution in [0.2, 0.25) is 0 Å². The van der Waals surface area contributed by atoms with Crippen LogP contribution < -0.4 is 11.1 Å². The molecule has 17 heavy (non-hydrogen) atoms. The van der Waals surface area contributed by atoms with E-state index in [-0.39, 0.29) is 6.54 Å². The number of nitrogens with two attached hydrogens (primary N) is 1. The largest absolute Gasteiger partial charge is 0.378 e. The Morgan fingerprint density at radius 3 is 3.06 bits per heavy atom. The number of rotatable bonds is 5. The highest BCUT2D eigenvalue weighted by Crippen LogP contribution is 2.16. The second-order valence-electron chi connectivity index (χ2n) is 3.76. The minimum absolute atomic E-state index is 0.111. The quantitative estimate of drug-likeness (QED) is 0.841. The van der Waals surface area contributed by atoms with Gasteiger partial charge in [-0.05, 0) is 19.1 Å². The van der Waals surface area contributed by atoms with Crippen LogP contribution in [0.25, 0.3) is 0 Å². The van der Waals surface area contributed by atoms with Crippen LogP contribution in [0.1, 0.15) is 9.75 Å². The minimum atomic E-state index is -0.395. The molecular formula is C11H14N4OS. The molecule has 0 atom stereocenters. The molecule has 2 rings (SSSR count). The molecule has 5 nitrogen and oxygen atoms in total. The van der Waals surface area contributed by atoms with Crippen molar-refractivity contribution in [3.63, 3.8) is 0 Å². The molecule has 3 N–H and O–H groups in total. The smallest absolute Gasteiger partial charge is 0.239 e. The fourth-order valence-corrected chi connectivity index (χ4v) is 2.30. The minimum Gasteiger partial charge on any atom is -0.378 e. The Balaban J connectivity index is 1.91. The summed E-state index contributed by atoms with van der Waals surface area (Å²) in [5, 5.41) is 7.27. The Kier molecular flexibility index (Phi) is 3.43. The fourth-order valence-electron chi connectivity index (χ4n) is 1.47. The van der Waals surface area contributed by atoms with Crippen LogP contribution in [-0.4, -0.2) is 15.7 Å². The highest BCUT2D eigenvalue weighted by Gasteiger charge is 2.02. The number of nitrogens with zero attached hydrogens (tertiary/aromatic N) is 2. The molecule has 0 bridgehead atoms. The number of hydrogen-bond donors (Lipinski definition) is 2. The third-order valence-electron chi connectivity index (χ3n) is 2.21. The van der Waals surface area contributed by atoms with E-state index in [0.717, 1.165) is 12.2 Å². The van der Waals surface area contributed by atoms with Gasteiger partial charge in [-0.15, -0.1) is 11.3 Å². The average Bonchev–Trinajstić information content (AvgIpc) is 2.84. The van der Waals surface area contributed by atoms with Crippen LogP contribution in [0.3, 0.4) is 0 Å². The molecule has 0 saturated carbocycles. The Bertz CT molecular complexity index is 517. The molecule has 1 amide bonds. The van der Waals surface area contributed by atoms with Crippen LogP contribution >= 0.6 is 11.3 Å². The number of nitrogens with one attached hydrogen (secondary N) is 1. The monoisotopic (exact) mass is 250 g/mol. The van der Waals surface area contributed by atoms with Crippen LogP contribution in [0.15, 0.2) is 24.5 Å². The summed E-state index contributed by atoms with van der Waals surface area (Å²) in [4.78, 5) is 13.3. The zero-order valence-electron chi connectivity index (χ0n) is 9.51. The molecule has 0 aromatic carbocycles. The SMILES string of the molecule is Cc1ccc(CNc2cnn(CC(N)=O)c2)s1. The summed E-state index contributed by atoms with van der Waals surface area (Å²) in [5.74, 6) is -0.395. The summed E-state index contributed by atoms with van der Waals surface area (Å²) >= 11 is 1.76. The van der Waals surface area contributed by atoms with Gasteiger partial charge in [-0.25, -0.2) is 0 Å². The molecule has 0 fully saturated rings. The van der Waals surface area contributed by atoms with E-state index >= 15 is 0 Å². The maximum absolute atomic E-state index is 10.7. The van der Waals surface area contributed by atoms with Crippen molar-refractivity contribution in [1.82, 2.24) is 9.78 Å². The van der Waals surface area contributed by atoms with Crippen LogP contribution in [0, 0.1) is 6.92 Å². The molecule has 2 heterocycles. The molecule has 6 heteroatoms. The molecular weight excluding hydrogens is 236 g/mol. The second-order valence-corrected chi connectivity index (χ2v) is 5.13. The van der Waals surface area contributed by atoms with Crippen molar-refractivity contribution in [2.45, 2.75) is 20.0 Å². The third-order valence-corrected chi connectivity index (χ3v) is 3.21. The van der Waals surface area contributed by atoms with Crippen LogP contribution in [0.4, 0.5) is 5.69 Å². The van der Waals surface area contributed by atoms with Crippen molar-refractivity contribution in [3.8, 4) is 0 Å². The lowest BCUT2D eigenvalue weighted by Gasteiger charge is -2.00. The Morgan fingerprint density at radius 2 is 2.41 bits per heavy atom. The number of aromatic nitrogens is 2. The molecule has 2 aromatic heterocycles. The lowest BCUT2D eigenvalue weighted by molar-refractivity contribution is -0.118. The summed E-state index contributed by atoms with van der Waals surface area (Å²) in [6.07, 6.45) is 3.45. The Labute approximate surface area is 103 Å². The van der Waals surface area contributed by atoms with Crippen LogP contribution in [0.5, 0.6) is 0 Å². The predicted octanol–water partition coefficient (Wildman–Crippen LogP) is 1.35.